The zero-order valence-corrected chi connectivity index (χ0v) is 11.3. The molecule has 0 amide bonds. The molecule has 1 saturated carbocycles. The molecular formula is C14H22OS. The number of hydrogen-bond acceptors (Lipinski definition) is 2. The van der Waals surface area contributed by atoms with Crippen molar-refractivity contribution in [2.45, 2.75) is 45.6 Å². The van der Waals surface area contributed by atoms with E-state index in [-0.39, 0.29) is 0 Å². The van der Waals surface area contributed by atoms with Gasteiger partial charge in [-0.1, -0.05) is 27.2 Å². The van der Waals surface area contributed by atoms with Crippen molar-refractivity contribution in [3.05, 3.63) is 22.4 Å². The summed E-state index contributed by atoms with van der Waals surface area (Å²) in [6.07, 6.45) is 3.34. The average Bonchev–Trinajstić information content (AvgIpc) is 2.69. The molecule has 0 aliphatic heterocycles. The Bertz CT molecular complexity index is 331. The van der Waals surface area contributed by atoms with E-state index in [0.29, 0.717) is 17.8 Å². The molecule has 1 aromatic heterocycles. The predicted molar refractivity (Wildman–Crippen MR) is 69.6 cm³/mol. The summed E-state index contributed by atoms with van der Waals surface area (Å²) in [6.45, 7) is 6.73. The molecule has 0 aromatic carbocycles. The Morgan fingerprint density at radius 2 is 2.19 bits per heavy atom. The summed E-state index contributed by atoms with van der Waals surface area (Å²) in [5.41, 5.74) is 0.564. The molecule has 16 heavy (non-hydrogen) atoms. The van der Waals surface area contributed by atoms with Crippen molar-refractivity contribution < 1.29 is 5.11 Å². The van der Waals surface area contributed by atoms with E-state index in [1.807, 2.05) is 0 Å². The van der Waals surface area contributed by atoms with E-state index in [1.54, 1.807) is 11.3 Å². The molecule has 1 heterocycles. The third kappa shape index (κ3) is 2.05. The molecule has 1 N–H and O–H groups in total. The monoisotopic (exact) mass is 238 g/mol. The van der Waals surface area contributed by atoms with Crippen LogP contribution in [0.1, 0.15) is 45.6 Å². The van der Waals surface area contributed by atoms with E-state index in [9.17, 15) is 5.11 Å². The second kappa shape index (κ2) is 4.50. The van der Waals surface area contributed by atoms with Gasteiger partial charge in [0.1, 0.15) is 0 Å². The standard InChI is InChI=1S/C14H22OS/c1-10(2)13-5-4-11(3)8-14(13,15)12-6-7-16-9-12/h6-7,9-11,13,15H,4-5,8H2,1-3H3. The molecule has 3 unspecified atom stereocenters. The van der Waals surface area contributed by atoms with Crippen LogP contribution in [0.4, 0.5) is 0 Å². The highest BCUT2D eigenvalue weighted by Gasteiger charge is 2.44. The summed E-state index contributed by atoms with van der Waals surface area (Å²) in [4.78, 5) is 0. The van der Waals surface area contributed by atoms with Gasteiger partial charge in [0.15, 0.2) is 0 Å². The maximum Gasteiger partial charge on any atom is 0.0937 e. The van der Waals surface area contributed by atoms with Crippen LogP contribution in [0.2, 0.25) is 0 Å². The van der Waals surface area contributed by atoms with Crippen molar-refractivity contribution >= 4 is 11.3 Å². The zero-order valence-electron chi connectivity index (χ0n) is 10.4. The molecule has 2 rings (SSSR count). The van der Waals surface area contributed by atoms with E-state index in [1.165, 1.54) is 6.42 Å². The van der Waals surface area contributed by atoms with Crippen molar-refractivity contribution in [1.82, 2.24) is 0 Å². The fourth-order valence-corrected chi connectivity index (χ4v) is 3.95. The highest BCUT2D eigenvalue weighted by Crippen LogP contribution is 2.47. The highest BCUT2D eigenvalue weighted by molar-refractivity contribution is 7.08. The number of hydrogen-bond donors (Lipinski definition) is 1. The third-order valence-electron chi connectivity index (χ3n) is 4.07. The van der Waals surface area contributed by atoms with Gasteiger partial charge in [-0.05, 0) is 53.0 Å². The minimum Gasteiger partial charge on any atom is -0.385 e. The Hall–Kier alpha value is -0.340. The van der Waals surface area contributed by atoms with Crippen LogP contribution in [0.15, 0.2) is 16.8 Å². The van der Waals surface area contributed by atoms with E-state index in [4.69, 9.17) is 0 Å². The summed E-state index contributed by atoms with van der Waals surface area (Å²) >= 11 is 1.69. The minimum absolute atomic E-state index is 0.415. The van der Waals surface area contributed by atoms with Crippen molar-refractivity contribution in [3.63, 3.8) is 0 Å². The normalized spacial score (nSPS) is 35.6. The van der Waals surface area contributed by atoms with Crippen molar-refractivity contribution in [1.29, 1.82) is 0 Å². The summed E-state index contributed by atoms with van der Waals surface area (Å²) in [5.74, 6) is 1.61. The van der Waals surface area contributed by atoms with E-state index >= 15 is 0 Å². The largest absolute Gasteiger partial charge is 0.385 e. The average molecular weight is 238 g/mol. The number of aliphatic hydroxyl groups is 1. The summed E-state index contributed by atoms with van der Waals surface area (Å²) in [7, 11) is 0. The SMILES string of the molecule is CC1CCC(C(C)C)C(O)(c2ccsc2)C1. The lowest BCUT2D eigenvalue weighted by Crippen LogP contribution is -2.42. The molecule has 0 bridgehead atoms. The van der Waals surface area contributed by atoms with Crippen LogP contribution in [-0.4, -0.2) is 5.11 Å². The molecule has 2 heteroatoms. The van der Waals surface area contributed by atoms with Gasteiger partial charge < -0.3 is 5.11 Å². The van der Waals surface area contributed by atoms with Gasteiger partial charge in [-0.15, -0.1) is 0 Å². The first-order valence-corrected chi connectivity index (χ1v) is 7.23. The maximum atomic E-state index is 11.0. The first kappa shape index (κ1) is 12.1. The lowest BCUT2D eigenvalue weighted by molar-refractivity contribution is -0.0862. The Labute approximate surface area is 103 Å². The highest BCUT2D eigenvalue weighted by atomic mass is 32.1. The summed E-state index contributed by atoms with van der Waals surface area (Å²) < 4.78 is 0. The van der Waals surface area contributed by atoms with Gasteiger partial charge in [0.25, 0.3) is 0 Å². The van der Waals surface area contributed by atoms with Gasteiger partial charge in [0.2, 0.25) is 0 Å². The van der Waals surface area contributed by atoms with E-state index in [0.717, 1.165) is 18.4 Å². The van der Waals surface area contributed by atoms with Gasteiger partial charge >= 0.3 is 0 Å². The fourth-order valence-electron chi connectivity index (χ4n) is 3.22. The molecule has 1 aliphatic carbocycles. The number of thiophene rings is 1. The summed E-state index contributed by atoms with van der Waals surface area (Å²) in [5, 5.41) is 15.2. The molecule has 1 fully saturated rings. The lowest BCUT2D eigenvalue weighted by atomic mass is 9.65. The molecular weight excluding hydrogens is 216 g/mol. The second-order valence-corrected chi connectivity index (χ2v) is 6.45. The quantitative estimate of drug-likeness (QED) is 0.825. The molecule has 0 spiro atoms. The van der Waals surface area contributed by atoms with Crippen molar-refractivity contribution in [3.8, 4) is 0 Å². The molecule has 1 aliphatic rings. The maximum absolute atomic E-state index is 11.0. The Kier molecular flexibility index (Phi) is 3.41. The van der Waals surface area contributed by atoms with Crippen LogP contribution in [0.25, 0.3) is 0 Å². The number of rotatable bonds is 2. The molecule has 1 nitrogen and oxygen atoms in total. The van der Waals surface area contributed by atoms with Crippen LogP contribution in [0, 0.1) is 17.8 Å². The predicted octanol–water partition coefficient (Wildman–Crippen LogP) is 4.03. The Morgan fingerprint density at radius 3 is 2.75 bits per heavy atom. The Balaban J connectivity index is 2.32. The first-order chi connectivity index (χ1) is 7.54. The Morgan fingerprint density at radius 1 is 1.44 bits per heavy atom. The zero-order chi connectivity index (χ0) is 11.8. The van der Waals surface area contributed by atoms with E-state index < -0.39 is 5.60 Å². The van der Waals surface area contributed by atoms with Gasteiger partial charge in [-0.3, -0.25) is 0 Å². The van der Waals surface area contributed by atoms with E-state index in [2.05, 4.69) is 37.6 Å². The lowest BCUT2D eigenvalue weighted by Gasteiger charge is -2.44. The second-order valence-electron chi connectivity index (χ2n) is 5.67. The van der Waals surface area contributed by atoms with Crippen LogP contribution < -0.4 is 0 Å². The van der Waals surface area contributed by atoms with Gasteiger partial charge in [0, 0.05) is 0 Å². The third-order valence-corrected chi connectivity index (χ3v) is 4.75. The van der Waals surface area contributed by atoms with Gasteiger partial charge in [-0.2, -0.15) is 11.3 Å². The molecule has 1 aromatic rings. The van der Waals surface area contributed by atoms with Crippen LogP contribution in [0.3, 0.4) is 0 Å². The van der Waals surface area contributed by atoms with Crippen LogP contribution in [0.5, 0.6) is 0 Å². The smallest absolute Gasteiger partial charge is 0.0937 e. The topological polar surface area (TPSA) is 20.2 Å². The summed E-state index contributed by atoms with van der Waals surface area (Å²) in [6, 6.07) is 2.10. The van der Waals surface area contributed by atoms with Crippen LogP contribution in [-0.2, 0) is 5.60 Å². The van der Waals surface area contributed by atoms with Gasteiger partial charge in [0.05, 0.1) is 5.60 Å². The first-order valence-electron chi connectivity index (χ1n) is 6.29. The minimum atomic E-state index is -0.578. The molecule has 3 atom stereocenters. The van der Waals surface area contributed by atoms with Gasteiger partial charge in [-0.25, -0.2) is 0 Å². The van der Waals surface area contributed by atoms with Crippen LogP contribution >= 0.6 is 11.3 Å². The van der Waals surface area contributed by atoms with Crippen molar-refractivity contribution in [2.24, 2.45) is 17.8 Å². The van der Waals surface area contributed by atoms with Crippen molar-refractivity contribution in [2.75, 3.05) is 0 Å². The molecule has 0 radical (unpaired) electrons. The molecule has 0 saturated heterocycles. The fraction of sp³-hybridized carbons (Fsp3) is 0.714. The molecule has 90 valence electrons.